The van der Waals surface area contributed by atoms with Crippen molar-refractivity contribution in [3.05, 3.63) is 50.8 Å². The van der Waals surface area contributed by atoms with E-state index in [0.29, 0.717) is 12.8 Å². The van der Waals surface area contributed by atoms with E-state index < -0.39 is 17.2 Å². The van der Waals surface area contributed by atoms with Gasteiger partial charge in [-0.2, -0.15) is 4.98 Å². The van der Waals surface area contributed by atoms with Crippen LogP contribution in [0.1, 0.15) is 38.3 Å². The minimum absolute atomic E-state index is 0.0203. The molecule has 0 aliphatic heterocycles. The van der Waals surface area contributed by atoms with Gasteiger partial charge in [0.25, 0.3) is 5.56 Å². The maximum absolute atomic E-state index is 13.7. The van der Waals surface area contributed by atoms with E-state index >= 15 is 0 Å². The molecule has 2 rings (SSSR count). The van der Waals surface area contributed by atoms with Crippen LogP contribution in [0.4, 0.5) is 8.78 Å². The van der Waals surface area contributed by atoms with E-state index in [2.05, 4.69) is 4.98 Å². The van der Waals surface area contributed by atoms with Crippen LogP contribution in [0.5, 0.6) is 11.9 Å². The molecular formula is C18H21ClF2N2O4. The highest BCUT2D eigenvalue weighted by molar-refractivity contribution is 6.31. The van der Waals surface area contributed by atoms with E-state index in [1.165, 1.54) is 10.6 Å². The monoisotopic (exact) mass is 402 g/mol. The zero-order chi connectivity index (χ0) is 20.0. The molecule has 0 spiro atoms. The normalized spacial score (nSPS) is 11.1. The molecule has 0 unspecified atom stereocenters. The van der Waals surface area contributed by atoms with Gasteiger partial charge in [0.15, 0.2) is 5.02 Å². The van der Waals surface area contributed by atoms with Crippen LogP contribution < -0.4 is 15.0 Å². The molecule has 148 valence electrons. The highest BCUT2D eigenvalue weighted by Crippen LogP contribution is 2.25. The second kappa shape index (κ2) is 9.66. The zero-order valence-corrected chi connectivity index (χ0v) is 15.8. The van der Waals surface area contributed by atoms with Crippen molar-refractivity contribution < 1.29 is 23.4 Å². The van der Waals surface area contributed by atoms with Crippen molar-refractivity contribution in [3.8, 4) is 11.9 Å². The molecule has 9 heteroatoms. The highest BCUT2D eigenvalue weighted by atomic mass is 35.5. The lowest BCUT2D eigenvalue weighted by Crippen LogP contribution is -2.26. The summed E-state index contributed by atoms with van der Waals surface area (Å²) in [6.45, 7) is 3.54. The Bertz CT molecular complexity index is 843. The third-order valence-corrected chi connectivity index (χ3v) is 4.00. The molecule has 0 saturated heterocycles. The Morgan fingerprint density at radius 2 is 2.00 bits per heavy atom. The molecule has 0 fully saturated rings. The van der Waals surface area contributed by atoms with Gasteiger partial charge in [-0.25, -0.2) is 8.78 Å². The van der Waals surface area contributed by atoms with Crippen molar-refractivity contribution in [1.82, 2.24) is 9.55 Å². The number of hydrogen-bond acceptors (Lipinski definition) is 5. The van der Waals surface area contributed by atoms with Crippen molar-refractivity contribution in [1.29, 1.82) is 0 Å². The Labute approximate surface area is 160 Å². The maximum atomic E-state index is 13.7. The predicted molar refractivity (Wildman–Crippen MR) is 96.4 cm³/mol. The predicted octanol–water partition coefficient (Wildman–Crippen LogP) is 3.49. The van der Waals surface area contributed by atoms with Gasteiger partial charge in [-0.3, -0.25) is 9.36 Å². The average molecular weight is 403 g/mol. The van der Waals surface area contributed by atoms with Crippen LogP contribution in [0.15, 0.2) is 23.0 Å². The van der Waals surface area contributed by atoms with Gasteiger partial charge in [0, 0.05) is 24.3 Å². The van der Waals surface area contributed by atoms with Crippen LogP contribution in [0.2, 0.25) is 5.02 Å². The number of aliphatic hydroxyl groups excluding tert-OH is 1. The molecule has 1 aromatic heterocycles. The van der Waals surface area contributed by atoms with Gasteiger partial charge in [0.2, 0.25) is 5.88 Å². The zero-order valence-electron chi connectivity index (χ0n) is 15.0. The number of nitrogens with zero attached hydrogens (tertiary/aromatic N) is 2. The molecule has 0 saturated carbocycles. The molecule has 0 aliphatic carbocycles. The third kappa shape index (κ3) is 5.40. The van der Waals surface area contributed by atoms with Crippen LogP contribution in [-0.4, -0.2) is 27.9 Å². The molecule has 6 nitrogen and oxygen atoms in total. The molecule has 27 heavy (non-hydrogen) atoms. The van der Waals surface area contributed by atoms with Gasteiger partial charge >= 0.3 is 6.01 Å². The topological polar surface area (TPSA) is 73.6 Å². The van der Waals surface area contributed by atoms with Gasteiger partial charge in [-0.1, -0.05) is 11.6 Å². The van der Waals surface area contributed by atoms with Crippen LogP contribution in [0.25, 0.3) is 0 Å². The number of aliphatic hydroxyl groups is 1. The summed E-state index contributed by atoms with van der Waals surface area (Å²) in [5, 5.41) is 8.58. The number of aromatic nitrogens is 2. The summed E-state index contributed by atoms with van der Waals surface area (Å²) in [6, 6.07) is 2.83. The van der Waals surface area contributed by atoms with Gasteiger partial charge in [-0.15, -0.1) is 0 Å². The summed E-state index contributed by atoms with van der Waals surface area (Å²) >= 11 is 6.07. The second-order valence-electron chi connectivity index (χ2n) is 6.09. The largest absolute Gasteiger partial charge is 0.471 e. The lowest BCUT2D eigenvalue weighted by Gasteiger charge is -2.18. The first kappa shape index (κ1) is 21.1. The van der Waals surface area contributed by atoms with E-state index in [4.69, 9.17) is 26.2 Å². The number of halogens is 3. The van der Waals surface area contributed by atoms with Gasteiger partial charge in [-0.05, 0) is 38.8 Å². The van der Waals surface area contributed by atoms with Crippen molar-refractivity contribution in [3.63, 3.8) is 0 Å². The van der Waals surface area contributed by atoms with Crippen molar-refractivity contribution in [2.24, 2.45) is 0 Å². The lowest BCUT2D eigenvalue weighted by atomic mass is 10.2. The number of rotatable bonds is 9. The Morgan fingerprint density at radius 3 is 2.63 bits per heavy atom. The summed E-state index contributed by atoms with van der Waals surface area (Å²) < 4.78 is 38.9. The Balaban J connectivity index is 2.27. The number of unbranched alkanes of at least 4 members (excludes halogenated alkanes) is 1. The van der Waals surface area contributed by atoms with Crippen molar-refractivity contribution >= 4 is 11.6 Å². The van der Waals surface area contributed by atoms with E-state index in [-0.39, 0.29) is 48.3 Å². The first-order valence-electron chi connectivity index (χ1n) is 8.47. The Morgan fingerprint density at radius 1 is 1.26 bits per heavy atom. The molecule has 0 atom stereocenters. The van der Waals surface area contributed by atoms with Crippen LogP contribution in [-0.2, 0) is 6.61 Å². The van der Waals surface area contributed by atoms with Crippen LogP contribution in [0.3, 0.4) is 0 Å². The fourth-order valence-corrected chi connectivity index (χ4v) is 2.48. The number of ether oxygens (including phenoxy) is 2. The van der Waals surface area contributed by atoms with Crippen molar-refractivity contribution in [2.75, 3.05) is 13.2 Å². The van der Waals surface area contributed by atoms with Gasteiger partial charge in [0.1, 0.15) is 18.2 Å². The minimum atomic E-state index is -0.776. The SMILES string of the molecule is CC(C)n1c(OCCCCO)nc(OCc2ccc(F)cc2F)c(Cl)c1=O. The van der Waals surface area contributed by atoms with E-state index in [1.807, 2.05) is 0 Å². The van der Waals surface area contributed by atoms with Crippen LogP contribution >= 0.6 is 11.6 Å². The third-order valence-electron chi connectivity index (χ3n) is 3.68. The standard InChI is InChI=1S/C18H21ClF2N2O4/c1-11(2)23-17(25)15(19)16(22-18(23)26-8-4-3-7-24)27-10-12-5-6-13(20)9-14(12)21/h5-6,9,11,24H,3-4,7-8,10H2,1-2H3. The summed E-state index contributed by atoms with van der Waals surface area (Å²) in [6.07, 6.45) is 1.12. The van der Waals surface area contributed by atoms with Crippen LogP contribution in [0, 0.1) is 11.6 Å². The summed E-state index contributed by atoms with van der Waals surface area (Å²) in [5.41, 5.74) is -0.457. The van der Waals surface area contributed by atoms with Gasteiger partial charge < -0.3 is 14.6 Å². The fourth-order valence-electron chi connectivity index (χ4n) is 2.29. The summed E-state index contributed by atoms with van der Waals surface area (Å²) in [7, 11) is 0. The molecule has 2 aromatic rings. The van der Waals surface area contributed by atoms with E-state index in [1.54, 1.807) is 13.8 Å². The number of hydrogen-bond donors (Lipinski definition) is 1. The maximum Gasteiger partial charge on any atom is 0.302 e. The summed E-state index contributed by atoms with van der Waals surface area (Å²) in [4.78, 5) is 16.7. The fraction of sp³-hybridized carbons (Fsp3) is 0.444. The minimum Gasteiger partial charge on any atom is -0.471 e. The first-order valence-corrected chi connectivity index (χ1v) is 8.85. The molecule has 0 bridgehead atoms. The molecule has 0 aliphatic rings. The molecule has 0 amide bonds. The first-order chi connectivity index (χ1) is 12.8. The quantitative estimate of drug-likeness (QED) is 0.650. The molecule has 1 N–H and O–H groups in total. The average Bonchev–Trinajstić information content (AvgIpc) is 2.61. The highest BCUT2D eigenvalue weighted by Gasteiger charge is 2.20. The smallest absolute Gasteiger partial charge is 0.302 e. The lowest BCUT2D eigenvalue weighted by molar-refractivity contribution is 0.223. The Kier molecular flexibility index (Phi) is 7.55. The van der Waals surface area contributed by atoms with Crippen molar-refractivity contribution in [2.45, 2.75) is 39.3 Å². The molecule has 0 radical (unpaired) electrons. The number of benzene rings is 1. The molecular weight excluding hydrogens is 382 g/mol. The second-order valence-corrected chi connectivity index (χ2v) is 6.46. The van der Waals surface area contributed by atoms with E-state index in [9.17, 15) is 13.6 Å². The molecule has 1 aromatic carbocycles. The van der Waals surface area contributed by atoms with Gasteiger partial charge in [0.05, 0.1) is 6.61 Å². The Hall–Kier alpha value is -2.19. The molecule has 1 heterocycles. The van der Waals surface area contributed by atoms with E-state index in [0.717, 1.165) is 12.1 Å². The summed E-state index contributed by atoms with van der Waals surface area (Å²) in [5.74, 6) is -1.67.